The topological polar surface area (TPSA) is 82.1 Å². The van der Waals surface area contributed by atoms with E-state index in [1.807, 2.05) is 0 Å². The lowest BCUT2D eigenvalue weighted by atomic mass is 10.4. The second kappa shape index (κ2) is 4.76. The van der Waals surface area contributed by atoms with E-state index in [4.69, 9.17) is 0 Å². The zero-order valence-electron chi connectivity index (χ0n) is 7.14. The minimum atomic E-state index is -1.42. The Bertz CT molecular complexity index is 360. The summed E-state index contributed by atoms with van der Waals surface area (Å²) in [6.07, 6.45) is 3.03. The van der Waals surface area contributed by atoms with Gasteiger partial charge in [-0.15, -0.1) is 0 Å². The molecule has 0 aromatic carbocycles. The number of amides is 1. The number of carbonyl (C=O) groups excluding carboxylic acids is 2. The maximum Gasteiger partial charge on any atom is 0.249 e. The second-order valence-corrected chi connectivity index (χ2v) is 2.36. The van der Waals surface area contributed by atoms with Gasteiger partial charge < -0.3 is 15.2 Å². The van der Waals surface area contributed by atoms with E-state index in [1.54, 1.807) is 18.2 Å². The van der Waals surface area contributed by atoms with Crippen molar-refractivity contribution in [3.8, 4) is 0 Å². The number of carboxylic acid groups (broad SMARTS) is 1. The number of nitrogens with one attached hydrogen (secondary N) is 1. The minimum absolute atomic E-state index is 0.362. The predicted molar refractivity (Wildman–Crippen MR) is 47.0 cm³/mol. The number of carbonyl (C=O) groups is 2. The van der Waals surface area contributed by atoms with Crippen LogP contribution in [0.4, 0.5) is 5.82 Å². The number of nitrogens with zero attached hydrogens (tertiary/aromatic N) is 1. The summed E-state index contributed by atoms with van der Waals surface area (Å²) in [7, 11) is 0. The summed E-state index contributed by atoms with van der Waals surface area (Å²) in [5, 5.41) is 12.3. The van der Waals surface area contributed by atoms with Crippen LogP contribution in [-0.4, -0.2) is 16.9 Å². The molecule has 0 saturated heterocycles. The first-order valence-corrected chi connectivity index (χ1v) is 3.79. The van der Waals surface area contributed by atoms with Gasteiger partial charge in [-0.25, -0.2) is 4.98 Å². The Labute approximate surface area is 80.1 Å². The Kier molecular flexibility index (Phi) is 3.37. The van der Waals surface area contributed by atoms with Gasteiger partial charge in [0, 0.05) is 12.3 Å². The molecule has 0 fully saturated rings. The van der Waals surface area contributed by atoms with Crippen LogP contribution < -0.4 is 10.4 Å². The van der Waals surface area contributed by atoms with Gasteiger partial charge in [-0.3, -0.25) is 4.79 Å². The molecular weight excluding hydrogens is 184 g/mol. The summed E-state index contributed by atoms with van der Waals surface area (Å²) >= 11 is 0. The first kappa shape index (κ1) is 9.91. The maximum atomic E-state index is 11.0. The smallest absolute Gasteiger partial charge is 0.249 e. The largest absolute Gasteiger partial charge is 0.545 e. The number of hydrogen-bond acceptors (Lipinski definition) is 4. The molecule has 0 radical (unpaired) electrons. The summed E-state index contributed by atoms with van der Waals surface area (Å²) < 4.78 is 0. The molecule has 1 N–H and O–H groups in total. The van der Waals surface area contributed by atoms with Gasteiger partial charge in [0.1, 0.15) is 5.82 Å². The molecule has 0 saturated carbocycles. The Morgan fingerprint density at radius 2 is 2.14 bits per heavy atom. The lowest BCUT2D eigenvalue weighted by Crippen LogP contribution is -2.20. The van der Waals surface area contributed by atoms with Crippen molar-refractivity contribution >= 4 is 17.7 Å². The molecule has 5 heteroatoms. The molecule has 0 bridgehead atoms. The van der Waals surface area contributed by atoms with Crippen LogP contribution in [0, 0.1) is 0 Å². The minimum Gasteiger partial charge on any atom is -0.545 e. The van der Waals surface area contributed by atoms with Gasteiger partial charge in [-0.1, -0.05) is 6.07 Å². The molecular formula is C9H7N2O3-. The number of rotatable bonds is 3. The highest BCUT2D eigenvalue weighted by Gasteiger charge is 1.96. The average molecular weight is 191 g/mol. The molecule has 1 aromatic rings. The van der Waals surface area contributed by atoms with Crippen LogP contribution in [0.25, 0.3) is 0 Å². The van der Waals surface area contributed by atoms with Crippen LogP contribution in [0.3, 0.4) is 0 Å². The molecule has 72 valence electrons. The number of pyridine rings is 1. The van der Waals surface area contributed by atoms with Crippen LogP contribution in [0.15, 0.2) is 36.5 Å². The van der Waals surface area contributed by atoms with Crippen LogP contribution in [-0.2, 0) is 9.59 Å². The predicted octanol–water partition coefficient (Wildman–Crippen LogP) is -0.674. The van der Waals surface area contributed by atoms with Crippen molar-refractivity contribution in [3.05, 3.63) is 36.5 Å². The summed E-state index contributed by atoms with van der Waals surface area (Å²) in [4.78, 5) is 24.8. The number of carboxylic acids is 1. The van der Waals surface area contributed by atoms with Crippen molar-refractivity contribution < 1.29 is 14.7 Å². The third kappa shape index (κ3) is 3.48. The van der Waals surface area contributed by atoms with Gasteiger partial charge in [0.25, 0.3) is 0 Å². The molecule has 0 spiro atoms. The molecule has 0 aliphatic carbocycles. The third-order valence-electron chi connectivity index (χ3n) is 1.29. The number of hydrogen-bond donors (Lipinski definition) is 1. The maximum absolute atomic E-state index is 11.0. The quantitative estimate of drug-likeness (QED) is 0.642. The molecule has 1 aromatic heterocycles. The number of aromatic nitrogens is 1. The zero-order valence-corrected chi connectivity index (χ0v) is 7.14. The Morgan fingerprint density at radius 3 is 2.71 bits per heavy atom. The molecule has 1 rings (SSSR count). The second-order valence-electron chi connectivity index (χ2n) is 2.36. The highest BCUT2D eigenvalue weighted by atomic mass is 16.4. The summed E-state index contributed by atoms with van der Waals surface area (Å²) in [6.45, 7) is 0. The van der Waals surface area contributed by atoms with Gasteiger partial charge in [0.15, 0.2) is 0 Å². The van der Waals surface area contributed by atoms with E-state index in [1.165, 1.54) is 6.20 Å². The van der Waals surface area contributed by atoms with E-state index in [-0.39, 0.29) is 0 Å². The number of anilines is 1. The molecule has 5 nitrogen and oxygen atoms in total. The zero-order chi connectivity index (χ0) is 10.4. The van der Waals surface area contributed by atoms with E-state index in [0.29, 0.717) is 11.9 Å². The molecule has 14 heavy (non-hydrogen) atoms. The monoisotopic (exact) mass is 191 g/mol. The van der Waals surface area contributed by atoms with E-state index in [9.17, 15) is 14.7 Å². The SMILES string of the molecule is O=C([O-])/C=C/C(=O)Nc1ccccn1. The van der Waals surface area contributed by atoms with Crippen molar-refractivity contribution in [2.24, 2.45) is 0 Å². The highest BCUT2D eigenvalue weighted by molar-refractivity contribution is 6.01. The highest BCUT2D eigenvalue weighted by Crippen LogP contribution is 1.99. The van der Waals surface area contributed by atoms with Gasteiger partial charge >= 0.3 is 0 Å². The van der Waals surface area contributed by atoms with E-state index < -0.39 is 11.9 Å². The van der Waals surface area contributed by atoms with Crippen molar-refractivity contribution in [1.29, 1.82) is 0 Å². The summed E-state index contributed by atoms with van der Waals surface area (Å²) in [5.41, 5.74) is 0. The van der Waals surface area contributed by atoms with Crippen molar-refractivity contribution in [3.63, 3.8) is 0 Å². The first-order valence-electron chi connectivity index (χ1n) is 3.79. The van der Waals surface area contributed by atoms with Crippen molar-refractivity contribution in [2.45, 2.75) is 0 Å². The Hall–Kier alpha value is -2.17. The third-order valence-corrected chi connectivity index (χ3v) is 1.29. The average Bonchev–Trinajstić information content (AvgIpc) is 2.16. The van der Waals surface area contributed by atoms with Crippen LogP contribution >= 0.6 is 0 Å². The fourth-order valence-electron chi connectivity index (χ4n) is 0.748. The summed E-state index contributed by atoms with van der Waals surface area (Å²) in [5.74, 6) is -1.62. The molecule has 0 unspecified atom stereocenters. The normalized spacial score (nSPS) is 10.0. The van der Waals surface area contributed by atoms with Gasteiger partial charge in [0.05, 0.1) is 5.97 Å². The molecule has 0 atom stereocenters. The van der Waals surface area contributed by atoms with Gasteiger partial charge in [-0.05, 0) is 18.2 Å². The van der Waals surface area contributed by atoms with Crippen molar-refractivity contribution in [1.82, 2.24) is 4.98 Å². The van der Waals surface area contributed by atoms with E-state index in [2.05, 4.69) is 10.3 Å². The lowest BCUT2D eigenvalue weighted by molar-refractivity contribution is -0.297. The summed E-state index contributed by atoms with van der Waals surface area (Å²) in [6, 6.07) is 4.99. The molecule has 1 amide bonds. The molecule has 0 aliphatic rings. The van der Waals surface area contributed by atoms with Gasteiger partial charge in [0.2, 0.25) is 5.91 Å². The van der Waals surface area contributed by atoms with E-state index >= 15 is 0 Å². The fourth-order valence-corrected chi connectivity index (χ4v) is 0.748. The Morgan fingerprint density at radius 1 is 1.36 bits per heavy atom. The van der Waals surface area contributed by atoms with Crippen LogP contribution in [0.2, 0.25) is 0 Å². The standard InChI is InChI=1S/C9H8N2O3/c12-8(4-5-9(13)14)11-7-3-1-2-6-10-7/h1-6H,(H,13,14)(H,10,11,12)/p-1/b5-4+. The number of aliphatic carboxylic acids is 1. The van der Waals surface area contributed by atoms with Crippen molar-refractivity contribution in [2.75, 3.05) is 5.32 Å². The molecule has 1 heterocycles. The Balaban J connectivity index is 2.54. The first-order chi connectivity index (χ1) is 6.68. The van der Waals surface area contributed by atoms with Crippen LogP contribution in [0.5, 0.6) is 0 Å². The fraction of sp³-hybridized carbons (Fsp3) is 0. The van der Waals surface area contributed by atoms with Crippen LogP contribution in [0.1, 0.15) is 0 Å². The molecule has 0 aliphatic heterocycles. The van der Waals surface area contributed by atoms with Gasteiger partial charge in [-0.2, -0.15) is 0 Å². The van der Waals surface area contributed by atoms with E-state index in [0.717, 1.165) is 6.08 Å². The lowest BCUT2D eigenvalue weighted by Gasteiger charge is -1.99.